The third kappa shape index (κ3) is 5.53. The predicted octanol–water partition coefficient (Wildman–Crippen LogP) is 2.46. The molecule has 0 radical (unpaired) electrons. The van der Waals surface area contributed by atoms with E-state index in [1.807, 2.05) is 28.8 Å². The molecule has 0 unspecified atom stereocenters. The molecule has 2 heterocycles. The molecule has 0 aromatic carbocycles. The molecule has 116 valence electrons. The van der Waals surface area contributed by atoms with Crippen molar-refractivity contribution in [3.05, 3.63) is 36.3 Å². The van der Waals surface area contributed by atoms with Crippen LogP contribution in [0.3, 0.4) is 0 Å². The molecule has 21 heavy (non-hydrogen) atoms. The minimum Gasteiger partial charge on any atom is -0.357 e. The first kappa shape index (κ1) is 17.7. The molecule has 5 nitrogen and oxygen atoms in total. The van der Waals surface area contributed by atoms with Crippen LogP contribution in [0.25, 0.3) is 5.65 Å². The number of rotatable bonds is 5. The number of imidazole rings is 1. The van der Waals surface area contributed by atoms with Crippen LogP contribution in [0.5, 0.6) is 0 Å². The van der Waals surface area contributed by atoms with E-state index in [1.165, 1.54) is 0 Å². The summed E-state index contributed by atoms with van der Waals surface area (Å²) in [6.45, 7) is 7.88. The van der Waals surface area contributed by atoms with Gasteiger partial charge < -0.3 is 15.0 Å². The topological polar surface area (TPSA) is 53.7 Å². The molecule has 0 spiro atoms. The Hall–Kier alpha value is -1.31. The van der Waals surface area contributed by atoms with Crippen molar-refractivity contribution in [1.29, 1.82) is 0 Å². The standard InChI is InChI=1S/C15H23N5.HI/c1-4-16-15(18-12(2)3)17-9-8-13-11-20-10-6-5-7-14(20)19-13;/h5-7,10-12H,4,8-9H2,1-3H3,(H2,16,17,18);1H. The Kier molecular flexibility index (Phi) is 7.49. The van der Waals surface area contributed by atoms with Gasteiger partial charge >= 0.3 is 0 Å². The van der Waals surface area contributed by atoms with E-state index in [4.69, 9.17) is 0 Å². The van der Waals surface area contributed by atoms with Crippen molar-refractivity contribution in [2.24, 2.45) is 4.99 Å². The lowest BCUT2D eigenvalue weighted by Crippen LogP contribution is -2.41. The van der Waals surface area contributed by atoms with Gasteiger partial charge in [-0.2, -0.15) is 0 Å². The van der Waals surface area contributed by atoms with Crippen molar-refractivity contribution < 1.29 is 0 Å². The maximum Gasteiger partial charge on any atom is 0.191 e. The highest BCUT2D eigenvalue weighted by atomic mass is 127. The summed E-state index contributed by atoms with van der Waals surface area (Å²) in [7, 11) is 0. The first-order chi connectivity index (χ1) is 9.69. The summed E-state index contributed by atoms with van der Waals surface area (Å²) in [5, 5.41) is 6.55. The quantitative estimate of drug-likeness (QED) is 0.460. The summed E-state index contributed by atoms with van der Waals surface area (Å²) in [5.74, 6) is 0.867. The lowest BCUT2D eigenvalue weighted by Gasteiger charge is -2.13. The molecule has 2 N–H and O–H groups in total. The molecule has 0 aliphatic heterocycles. The van der Waals surface area contributed by atoms with Gasteiger partial charge in [0.05, 0.1) is 5.69 Å². The van der Waals surface area contributed by atoms with Gasteiger partial charge in [0.2, 0.25) is 0 Å². The van der Waals surface area contributed by atoms with E-state index in [0.29, 0.717) is 6.04 Å². The Morgan fingerprint density at radius 3 is 2.86 bits per heavy atom. The number of hydrogen-bond acceptors (Lipinski definition) is 2. The fourth-order valence-electron chi connectivity index (χ4n) is 1.98. The first-order valence-electron chi connectivity index (χ1n) is 7.16. The molecule has 6 heteroatoms. The molecular weight excluding hydrogens is 377 g/mol. The zero-order chi connectivity index (χ0) is 14.4. The molecule has 0 aliphatic rings. The first-order valence-corrected chi connectivity index (χ1v) is 7.16. The van der Waals surface area contributed by atoms with Crippen molar-refractivity contribution in [1.82, 2.24) is 20.0 Å². The van der Waals surface area contributed by atoms with Crippen molar-refractivity contribution in [2.45, 2.75) is 33.2 Å². The van der Waals surface area contributed by atoms with Gasteiger partial charge in [0.25, 0.3) is 0 Å². The monoisotopic (exact) mass is 401 g/mol. The number of nitrogens with one attached hydrogen (secondary N) is 2. The van der Waals surface area contributed by atoms with E-state index in [-0.39, 0.29) is 24.0 Å². The van der Waals surface area contributed by atoms with Gasteiger partial charge in [-0.05, 0) is 32.9 Å². The SMILES string of the molecule is CCNC(=NCCc1cn2ccccc2n1)NC(C)C.I. The minimum atomic E-state index is 0. The van der Waals surface area contributed by atoms with Gasteiger partial charge in [0.1, 0.15) is 5.65 Å². The summed E-state index contributed by atoms with van der Waals surface area (Å²) in [5.41, 5.74) is 2.05. The summed E-state index contributed by atoms with van der Waals surface area (Å²) in [6.07, 6.45) is 4.92. The van der Waals surface area contributed by atoms with Crippen LogP contribution in [0.2, 0.25) is 0 Å². The number of aromatic nitrogens is 2. The van der Waals surface area contributed by atoms with Crippen LogP contribution in [0.15, 0.2) is 35.6 Å². The number of aliphatic imine (C=N–C) groups is 1. The average Bonchev–Trinajstić information content (AvgIpc) is 2.80. The van der Waals surface area contributed by atoms with Crippen LogP contribution < -0.4 is 10.6 Å². The second kappa shape index (κ2) is 8.86. The molecule has 2 rings (SSSR count). The Labute approximate surface area is 143 Å². The van der Waals surface area contributed by atoms with E-state index in [0.717, 1.165) is 36.8 Å². The van der Waals surface area contributed by atoms with Gasteiger partial charge in [-0.3, -0.25) is 4.99 Å². The zero-order valence-corrected chi connectivity index (χ0v) is 15.2. The van der Waals surface area contributed by atoms with Gasteiger partial charge in [0.15, 0.2) is 5.96 Å². The van der Waals surface area contributed by atoms with E-state index < -0.39 is 0 Å². The second-order valence-corrected chi connectivity index (χ2v) is 5.01. The summed E-state index contributed by atoms with van der Waals surface area (Å²) >= 11 is 0. The molecule has 2 aromatic rings. The van der Waals surface area contributed by atoms with Crippen LogP contribution in [-0.4, -0.2) is 34.5 Å². The van der Waals surface area contributed by atoms with Crippen LogP contribution >= 0.6 is 24.0 Å². The molecular formula is C15H24IN5. The fourth-order valence-corrected chi connectivity index (χ4v) is 1.98. The summed E-state index contributed by atoms with van der Waals surface area (Å²) < 4.78 is 2.04. The lowest BCUT2D eigenvalue weighted by atomic mass is 10.3. The van der Waals surface area contributed by atoms with Crippen molar-refractivity contribution >= 4 is 35.6 Å². The van der Waals surface area contributed by atoms with Crippen molar-refractivity contribution in [3.63, 3.8) is 0 Å². The molecule has 2 aromatic heterocycles. The van der Waals surface area contributed by atoms with E-state index in [2.05, 4.69) is 47.6 Å². The molecule has 0 aliphatic carbocycles. The Bertz CT molecular complexity index is 543. The van der Waals surface area contributed by atoms with E-state index in [1.54, 1.807) is 0 Å². The molecule has 0 saturated carbocycles. The van der Waals surface area contributed by atoms with Gasteiger partial charge in [-0.1, -0.05) is 6.07 Å². The number of fused-ring (bicyclic) bond motifs is 1. The normalized spacial score (nSPS) is 11.5. The highest BCUT2D eigenvalue weighted by Gasteiger charge is 2.02. The van der Waals surface area contributed by atoms with E-state index in [9.17, 15) is 0 Å². The molecule has 0 fully saturated rings. The Balaban J connectivity index is 0.00000220. The van der Waals surface area contributed by atoms with Crippen LogP contribution in [-0.2, 0) is 6.42 Å². The number of guanidine groups is 1. The Morgan fingerprint density at radius 1 is 1.38 bits per heavy atom. The number of hydrogen-bond donors (Lipinski definition) is 2. The number of pyridine rings is 1. The van der Waals surface area contributed by atoms with Crippen LogP contribution in [0.1, 0.15) is 26.5 Å². The second-order valence-electron chi connectivity index (χ2n) is 5.01. The minimum absolute atomic E-state index is 0. The summed E-state index contributed by atoms with van der Waals surface area (Å²) in [6, 6.07) is 6.40. The third-order valence-electron chi connectivity index (χ3n) is 2.82. The fraction of sp³-hybridized carbons (Fsp3) is 0.467. The summed E-state index contributed by atoms with van der Waals surface area (Å²) in [4.78, 5) is 9.13. The van der Waals surface area contributed by atoms with Crippen LogP contribution in [0, 0.1) is 0 Å². The van der Waals surface area contributed by atoms with Gasteiger partial charge in [-0.25, -0.2) is 4.98 Å². The highest BCUT2D eigenvalue weighted by molar-refractivity contribution is 14.0. The molecule has 0 bridgehead atoms. The maximum absolute atomic E-state index is 4.57. The average molecular weight is 401 g/mol. The molecule has 0 saturated heterocycles. The predicted molar refractivity (Wildman–Crippen MR) is 98.6 cm³/mol. The largest absolute Gasteiger partial charge is 0.357 e. The van der Waals surface area contributed by atoms with Crippen LogP contribution in [0.4, 0.5) is 0 Å². The van der Waals surface area contributed by atoms with E-state index >= 15 is 0 Å². The molecule has 0 atom stereocenters. The van der Waals surface area contributed by atoms with Crippen molar-refractivity contribution in [3.8, 4) is 0 Å². The van der Waals surface area contributed by atoms with Gasteiger partial charge in [-0.15, -0.1) is 24.0 Å². The van der Waals surface area contributed by atoms with Gasteiger partial charge in [0, 0.05) is 37.9 Å². The number of nitrogens with zero attached hydrogens (tertiary/aromatic N) is 3. The zero-order valence-electron chi connectivity index (χ0n) is 12.8. The lowest BCUT2D eigenvalue weighted by molar-refractivity contribution is 0.700. The van der Waals surface area contributed by atoms with Crippen molar-refractivity contribution in [2.75, 3.05) is 13.1 Å². The third-order valence-corrected chi connectivity index (χ3v) is 2.82. The Morgan fingerprint density at radius 2 is 2.19 bits per heavy atom. The highest BCUT2D eigenvalue weighted by Crippen LogP contribution is 2.05. The maximum atomic E-state index is 4.57. The molecule has 0 amide bonds. The number of halogens is 1. The smallest absolute Gasteiger partial charge is 0.191 e.